The molecule has 0 spiro atoms. The second-order valence-corrected chi connectivity index (χ2v) is 5.18. The van der Waals surface area contributed by atoms with Gasteiger partial charge in [-0.1, -0.05) is 18.2 Å². The van der Waals surface area contributed by atoms with Crippen LogP contribution in [0.4, 0.5) is 0 Å². The molecule has 2 atom stereocenters. The molecule has 0 bridgehead atoms. The highest BCUT2D eigenvalue weighted by atomic mass is 16.6. The van der Waals surface area contributed by atoms with Crippen molar-refractivity contribution in [2.45, 2.75) is 25.3 Å². The number of rotatable bonds is 0. The summed E-state index contributed by atoms with van der Waals surface area (Å²) in [7, 11) is 0. The van der Waals surface area contributed by atoms with E-state index in [0.29, 0.717) is 12.4 Å². The standard InChI is InChI=1S/C14H15N3O/c18-17-8-7-15-13(17)9-16-14-11-4-2-1-3-10(11)5-6-12(14)17/h1,3,5,7,9,12,16H,2,4,6,8H2. The highest BCUT2D eigenvalue weighted by Crippen LogP contribution is 2.41. The van der Waals surface area contributed by atoms with Crippen LogP contribution in [0.1, 0.15) is 19.3 Å². The molecule has 0 saturated heterocycles. The summed E-state index contributed by atoms with van der Waals surface area (Å²) >= 11 is 0. The maximum atomic E-state index is 12.9. The van der Waals surface area contributed by atoms with Crippen molar-refractivity contribution < 1.29 is 4.65 Å². The van der Waals surface area contributed by atoms with Crippen molar-refractivity contribution in [2.24, 2.45) is 4.99 Å². The highest BCUT2D eigenvalue weighted by Gasteiger charge is 2.43. The third-order valence-corrected chi connectivity index (χ3v) is 4.25. The summed E-state index contributed by atoms with van der Waals surface area (Å²) in [6, 6.07) is -0.0299. The molecular weight excluding hydrogens is 226 g/mol. The fourth-order valence-corrected chi connectivity index (χ4v) is 3.31. The third-order valence-electron chi connectivity index (χ3n) is 4.25. The maximum absolute atomic E-state index is 12.9. The second-order valence-electron chi connectivity index (χ2n) is 5.18. The predicted octanol–water partition coefficient (Wildman–Crippen LogP) is 2.09. The normalized spacial score (nSPS) is 36.4. The van der Waals surface area contributed by atoms with Crippen LogP contribution in [0.25, 0.3) is 0 Å². The Labute approximate surface area is 106 Å². The third kappa shape index (κ3) is 1.19. The molecular formula is C14H15N3O. The fourth-order valence-electron chi connectivity index (χ4n) is 3.31. The molecule has 2 aliphatic heterocycles. The minimum absolute atomic E-state index is 0.0299. The van der Waals surface area contributed by atoms with E-state index in [-0.39, 0.29) is 10.7 Å². The van der Waals surface area contributed by atoms with Crippen LogP contribution in [-0.2, 0) is 0 Å². The van der Waals surface area contributed by atoms with Gasteiger partial charge in [-0.3, -0.25) is 4.65 Å². The first-order chi connectivity index (χ1) is 8.79. The lowest BCUT2D eigenvalue weighted by Crippen LogP contribution is -2.54. The molecule has 2 aliphatic carbocycles. The maximum Gasteiger partial charge on any atom is 0.244 e. The van der Waals surface area contributed by atoms with Gasteiger partial charge in [-0.25, -0.2) is 4.99 Å². The topological polar surface area (TPSA) is 47.5 Å². The molecule has 18 heavy (non-hydrogen) atoms. The monoisotopic (exact) mass is 241 g/mol. The molecule has 0 amide bonds. The SMILES string of the molecule is [O-][N+]12CC=NC1=CNC1=C3CCC=CC3=CCC12. The van der Waals surface area contributed by atoms with E-state index < -0.39 is 0 Å². The van der Waals surface area contributed by atoms with Crippen LogP contribution in [0.3, 0.4) is 0 Å². The van der Waals surface area contributed by atoms with E-state index >= 15 is 0 Å². The average molecular weight is 241 g/mol. The van der Waals surface area contributed by atoms with E-state index in [4.69, 9.17) is 0 Å². The van der Waals surface area contributed by atoms with Crippen LogP contribution in [-0.4, -0.2) is 23.4 Å². The van der Waals surface area contributed by atoms with Crippen LogP contribution < -0.4 is 5.32 Å². The molecule has 1 N–H and O–H groups in total. The van der Waals surface area contributed by atoms with Crippen LogP contribution in [0.5, 0.6) is 0 Å². The lowest BCUT2D eigenvalue weighted by atomic mass is 9.84. The first kappa shape index (κ1) is 10.3. The zero-order chi connectivity index (χ0) is 12.2. The summed E-state index contributed by atoms with van der Waals surface area (Å²) in [6.07, 6.45) is 13.0. The molecule has 2 heterocycles. The molecule has 4 rings (SSSR count). The van der Waals surface area contributed by atoms with Gasteiger partial charge in [-0.05, 0) is 24.0 Å². The Hall–Kier alpha value is -1.65. The van der Waals surface area contributed by atoms with E-state index in [2.05, 4.69) is 28.5 Å². The van der Waals surface area contributed by atoms with Gasteiger partial charge in [-0.15, -0.1) is 0 Å². The number of hydrogen-bond donors (Lipinski definition) is 1. The Morgan fingerprint density at radius 3 is 3.33 bits per heavy atom. The van der Waals surface area contributed by atoms with Crippen LogP contribution in [0.2, 0.25) is 0 Å². The van der Waals surface area contributed by atoms with Gasteiger partial charge < -0.3 is 10.5 Å². The smallest absolute Gasteiger partial charge is 0.244 e. The molecule has 4 aliphatic rings. The number of quaternary nitrogens is 1. The van der Waals surface area contributed by atoms with Gasteiger partial charge in [0.05, 0.1) is 18.1 Å². The Morgan fingerprint density at radius 1 is 1.44 bits per heavy atom. The van der Waals surface area contributed by atoms with E-state index in [1.165, 1.54) is 11.1 Å². The van der Waals surface area contributed by atoms with E-state index in [0.717, 1.165) is 25.0 Å². The molecule has 4 nitrogen and oxygen atoms in total. The van der Waals surface area contributed by atoms with Crippen LogP contribution in [0, 0.1) is 5.21 Å². The van der Waals surface area contributed by atoms with Crippen molar-refractivity contribution >= 4 is 6.21 Å². The lowest BCUT2D eigenvalue weighted by Gasteiger charge is -2.49. The Balaban J connectivity index is 1.84. The molecule has 0 aromatic carbocycles. The summed E-state index contributed by atoms with van der Waals surface area (Å²) < 4.78 is -0.306. The van der Waals surface area contributed by atoms with Gasteiger partial charge in [-0.2, -0.15) is 0 Å². The molecule has 0 radical (unpaired) electrons. The average Bonchev–Trinajstić information content (AvgIpc) is 2.80. The largest absolute Gasteiger partial charge is 0.625 e. The van der Waals surface area contributed by atoms with Gasteiger partial charge in [0.15, 0.2) is 0 Å². The molecule has 0 saturated carbocycles. The summed E-state index contributed by atoms with van der Waals surface area (Å²) in [6.45, 7) is 0.466. The van der Waals surface area contributed by atoms with E-state index in [1.54, 1.807) is 12.4 Å². The van der Waals surface area contributed by atoms with Gasteiger partial charge in [0.2, 0.25) is 5.82 Å². The number of fused-ring (bicyclic) bond motifs is 4. The predicted molar refractivity (Wildman–Crippen MR) is 70.1 cm³/mol. The summed E-state index contributed by atoms with van der Waals surface area (Å²) in [5.41, 5.74) is 3.74. The molecule has 0 aromatic rings. The minimum atomic E-state index is -0.306. The van der Waals surface area contributed by atoms with Crippen molar-refractivity contribution in [3.63, 3.8) is 0 Å². The fraction of sp³-hybridized carbons (Fsp3) is 0.357. The second kappa shape index (κ2) is 3.43. The zero-order valence-electron chi connectivity index (χ0n) is 10.1. The Kier molecular flexibility index (Phi) is 1.96. The summed E-state index contributed by atoms with van der Waals surface area (Å²) in [5.74, 6) is 0.618. The Bertz CT molecular complexity index is 568. The van der Waals surface area contributed by atoms with Gasteiger partial charge in [0.25, 0.3) is 0 Å². The van der Waals surface area contributed by atoms with Crippen molar-refractivity contribution in [1.82, 2.24) is 5.32 Å². The van der Waals surface area contributed by atoms with Crippen LogP contribution in [0.15, 0.2) is 52.1 Å². The van der Waals surface area contributed by atoms with Gasteiger partial charge >= 0.3 is 0 Å². The van der Waals surface area contributed by atoms with Crippen molar-refractivity contribution in [2.75, 3.05) is 6.54 Å². The molecule has 0 fully saturated rings. The zero-order valence-corrected chi connectivity index (χ0v) is 10.1. The van der Waals surface area contributed by atoms with Crippen molar-refractivity contribution in [3.05, 3.63) is 52.3 Å². The number of nitrogens with zero attached hydrogens (tertiary/aromatic N) is 2. The highest BCUT2D eigenvalue weighted by molar-refractivity contribution is 5.63. The van der Waals surface area contributed by atoms with Crippen molar-refractivity contribution in [1.29, 1.82) is 0 Å². The first-order valence-corrected chi connectivity index (χ1v) is 6.48. The number of hydrogen-bond acceptors (Lipinski definition) is 3. The number of hydroxylamine groups is 3. The molecule has 0 aromatic heterocycles. The first-order valence-electron chi connectivity index (χ1n) is 6.48. The lowest BCUT2D eigenvalue weighted by molar-refractivity contribution is -0.852. The number of nitrogens with one attached hydrogen (secondary N) is 1. The van der Waals surface area contributed by atoms with Crippen LogP contribution >= 0.6 is 0 Å². The molecule has 4 heteroatoms. The number of allylic oxidation sites excluding steroid dienone is 4. The number of aliphatic imine (C=N–C) groups is 1. The van der Waals surface area contributed by atoms with Crippen molar-refractivity contribution in [3.8, 4) is 0 Å². The van der Waals surface area contributed by atoms with E-state index in [1.807, 2.05) is 0 Å². The molecule has 92 valence electrons. The van der Waals surface area contributed by atoms with E-state index in [9.17, 15) is 5.21 Å². The summed E-state index contributed by atoms with van der Waals surface area (Å²) in [4.78, 5) is 4.20. The quantitative estimate of drug-likeness (QED) is 0.521. The van der Waals surface area contributed by atoms with Gasteiger partial charge in [0, 0.05) is 6.42 Å². The minimum Gasteiger partial charge on any atom is -0.625 e. The Morgan fingerprint density at radius 2 is 2.39 bits per heavy atom. The molecule has 2 unspecified atom stereocenters. The summed E-state index contributed by atoms with van der Waals surface area (Å²) in [5, 5.41) is 16.3. The van der Waals surface area contributed by atoms with Gasteiger partial charge in [0.1, 0.15) is 12.6 Å².